The van der Waals surface area contributed by atoms with E-state index in [9.17, 15) is 0 Å². The molecule has 1 fully saturated rings. The maximum Gasteiger partial charge on any atom is 0.136 e. The molecule has 1 aliphatic carbocycles. The summed E-state index contributed by atoms with van der Waals surface area (Å²) in [6, 6.07) is 9.40. The number of pyridine rings is 1. The van der Waals surface area contributed by atoms with Crippen LogP contribution in [0.1, 0.15) is 26.7 Å². The van der Waals surface area contributed by atoms with Crippen molar-refractivity contribution in [2.75, 3.05) is 23.3 Å². The minimum Gasteiger partial charge on any atom is -0.382 e. The molecular formula is C16H21N3. The van der Waals surface area contributed by atoms with Crippen LogP contribution in [0, 0.1) is 0 Å². The van der Waals surface area contributed by atoms with Crippen molar-refractivity contribution in [3.8, 4) is 0 Å². The van der Waals surface area contributed by atoms with Crippen molar-refractivity contribution in [2.45, 2.75) is 32.7 Å². The van der Waals surface area contributed by atoms with Crippen LogP contribution in [0.15, 0.2) is 30.5 Å². The Bertz CT molecular complexity index is 571. The smallest absolute Gasteiger partial charge is 0.136 e. The van der Waals surface area contributed by atoms with Gasteiger partial charge in [0.15, 0.2) is 0 Å². The van der Waals surface area contributed by atoms with E-state index in [1.165, 1.54) is 29.3 Å². The van der Waals surface area contributed by atoms with Gasteiger partial charge in [0.1, 0.15) is 5.82 Å². The van der Waals surface area contributed by atoms with Crippen LogP contribution in [0.4, 0.5) is 11.5 Å². The molecule has 0 saturated heterocycles. The van der Waals surface area contributed by atoms with Crippen LogP contribution in [-0.2, 0) is 0 Å². The fraction of sp³-hybridized carbons (Fsp3) is 0.438. The fourth-order valence-electron chi connectivity index (χ4n) is 2.49. The van der Waals surface area contributed by atoms with Crippen LogP contribution in [0.3, 0.4) is 0 Å². The van der Waals surface area contributed by atoms with E-state index in [1.54, 1.807) is 0 Å². The quantitative estimate of drug-likeness (QED) is 0.883. The number of aromatic nitrogens is 1. The Kier molecular flexibility index (Phi) is 3.28. The second-order valence-corrected chi connectivity index (χ2v) is 5.16. The number of rotatable bonds is 5. The molecule has 1 aromatic carbocycles. The third kappa shape index (κ3) is 2.50. The zero-order valence-corrected chi connectivity index (χ0v) is 11.7. The average molecular weight is 255 g/mol. The summed E-state index contributed by atoms with van der Waals surface area (Å²) in [6.07, 6.45) is 4.52. The number of fused-ring (bicyclic) bond motifs is 1. The number of hydrogen-bond donors (Lipinski definition) is 1. The summed E-state index contributed by atoms with van der Waals surface area (Å²) in [4.78, 5) is 6.86. The summed E-state index contributed by atoms with van der Waals surface area (Å²) in [5.41, 5.74) is 1.23. The van der Waals surface area contributed by atoms with Crippen molar-refractivity contribution in [3.05, 3.63) is 30.5 Å². The third-order valence-corrected chi connectivity index (χ3v) is 3.75. The van der Waals surface area contributed by atoms with Crippen molar-refractivity contribution in [2.24, 2.45) is 0 Å². The SMILES string of the molecule is CCN(CC)c1nccc2cc(NC3CC3)ccc12. The van der Waals surface area contributed by atoms with E-state index in [4.69, 9.17) is 0 Å². The fourth-order valence-corrected chi connectivity index (χ4v) is 2.49. The van der Waals surface area contributed by atoms with E-state index >= 15 is 0 Å². The van der Waals surface area contributed by atoms with E-state index in [0.29, 0.717) is 6.04 Å². The zero-order chi connectivity index (χ0) is 13.2. The average Bonchev–Trinajstić information content (AvgIpc) is 3.24. The minimum atomic E-state index is 0.696. The molecule has 0 atom stereocenters. The summed E-state index contributed by atoms with van der Waals surface area (Å²) in [5.74, 6) is 1.10. The van der Waals surface area contributed by atoms with E-state index < -0.39 is 0 Å². The van der Waals surface area contributed by atoms with Crippen molar-refractivity contribution in [1.82, 2.24) is 4.98 Å². The molecule has 1 N–H and O–H groups in total. The first kappa shape index (κ1) is 12.3. The van der Waals surface area contributed by atoms with Crippen LogP contribution in [0.25, 0.3) is 10.8 Å². The van der Waals surface area contributed by atoms with Crippen molar-refractivity contribution in [1.29, 1.82) is 0 Å². The molecule has 19 heavy (non-hydrogen) atoms. The Labute approximate surface area is 114 Å². The maximum absolute atomic E-state index is 4.56. The van der Waals surface area contributed by atoms with E-state index in [0.717, 1.165) is 18.9 Å². The Morgan fingerprint density at radius 2 is 2.00 bits per heavy atom. The zero-order valence-electron chi connectivity index (χ0n) is 11.7. The Hall–Kier alpha value is -1.77. The van der Waals surface area contributed by atoms with Gasteiger partial charge in [-0.05, 0) is 56.3 Å². The third-order valence-electron chi connectivity index (χ3n) is 3.75. The predicted octanol–water partition coefficient (Wildman–Crippen LogP) is 3.66. The van der Waals surface area contributed by atoms with E-state index in [1.807, 2.05) is 6.20 Å². The van der Waals surface area contributed by atoms with Gasteiger partial charge < -0.3 is 10.2 Å². The van der Waals surface area contributed by atoms with Crippen molar-refractivity contribution < 1.29 is 0 Å². The highest BCUT2D eigenvalue weighted by molar-refractivity contribution is 5.94. The molecule has 0 unspecified atom stereocenters. The summed E-state index contributed by atoms with van der Waals surface area (Å²) in [7, 11) is 0. The van der Waals surface area contributed by atoms with Gasteiger partial charge >= 0.3 is 0 Å². The van der Waals surface area contributed by atoms with Crippen molar-refractivity contribution >= 4 is 22.3 Å². The van der Waals surface area contributed by atoms with Gasteiger partial charge in [-0.25, -0.2) is 4.98 Å². The molecule has 3 nitrogen and oxygen atoms in total. The van der Waals surface area contributed by atoms with Crippen LogP contribution in [0.5, 0.6) is 0 Å². The Morgan fingerprint density at radius 3 is 2.68 bits per heavy atom. The molecule has 0 aliphatic heterocycles. The summed E-state index contributed by atoms with van der Waals surface area (Å²) in [5, 5.41) is 6.06. The highest BCUT2D eigenvalue weighted by atomic mass is 15.2. The molecule has 100 valence electrons. The molecule has 1 heterocycles. The summed E-state index contributed by atoms with van der Waals surface area (Å²) < 4.78 is 0. The topological polar surface area (TPSA) is 28.2 Å². The molecule has 0 spiro atoms. The second kappa shape index (κ2) is 5.08. The van der Waals surface area contributed by atoms with Gasteiger partial charge in [-0.3, -0.25) is 0 Å². The van der Waals surface area contributed by atoms with Gasteiger partial charge in [0.2, 0.25) is 0 Å². The largest absolute Gasteiger partial charge is 0.382 e. The summed E-state index contributed by atoms with van der Waals surface area (Å²) >= 11 is 0. The lowest BCUT2D eigenvalue weighted by Crippen LogP contribution is -2.23. The monoisotopic (exact) mass is 255 g/mol. The first-order chi connectivity index (χ1) is 9.31. The molecular weight excluding hydrogens is 234 g/mol. The molecule has 2 aromatic rings. The molecule has 0 bridgehead atoms. The second-order valence-electron chi connectivity index (χ2n) is 5.16. The minimum absolute atomic E-state index is 0.696. The van der Waals surface area contributed by atoms with E-state index in [-0.39, 0.29) is 0 Å². The molecule has 1 aromatic heterocycles. The standard InChI is InChI=1S/C16H21N3/c1-3-19(4-2)16-15-8-7-14(18-13-5-6-13)11-12(15)9-10-17-16/h7-11,13,18H,3-6H2,1-2H3. The first-order valence-corrected chi connectivity index (χ1v) is 7.22. The van der Waals surface area contributed by atoms with Gasteiger partial charge in [-0.15, -0.1) is 0 Å². The van der Waals surface area contributed by atoms with Crippen molar-refractivity contribution in [3.63, 3.8) is 0 Å². The first-order valence-electron chi connectivity index (χ1n) is 7.22. The van der Waals surface area contributed by atoms with Crippen LogP contribution >= 0.6 is 0 Å². The number of hydrogen-bond acceptors (Lipinski definition) is 3. The molecule has 0 radical (unpaired) electrons. The number of anilines is 2. The van der Waals surface area contributed by atoms with Gasteiger partial charge in [0.25, 0.3) is 0 Å². The summed E-state index contributed by atoms with van der Waals surface area (Å²) in [6.45, 7) is 6.33. The molecule has 1 aliphatic rings. The van der Waals surface area contributed by atoms with Crippen LogP contribution in [-0.4, -0.2) is 24.1 Å². The molecule has 3 heteroatoms. The van der Waals surface area contributed by atoms with Gasteiger partial charge in [-0.1, -0.05) is 0 Å². The van der Waals surface area contributed by atoms with E-state index in [2.05, 4.69) is 53.3 Å². The Balaban J connectivity index is 1.99. The molecule has 1 saturated carbocycles. The number of nitrogens with zero attached hydrogens (tertiary/aromatic N) is 2. The van der Waals surface area contributed by atoms with Gasteiger partial charge in [0.05, 0.1) is 0 Å². The lowest BCUT2D eigenvalue weighted by Gasteiger charge is -2.21. The maximum atomic E-state index is 4.56. The van der Waals surface area contributed by atoms with Gasteiger partial charge in [-0.2, -0.15) is 0 Å². The molecule has 3 rings (SSSR count). The highest BCUT2D eigenvalue weighted by Crippen LogP contribution is 2.29. The normalized spacial score (nSPS) is 14.6. The lowest BCUT2D eigenvalue weighted by atomic mass is 10.1. The molecule has 0 amide bonds. The highest BCUT2D eigenvalue weighted by Gasteiger charge is 2.20. The number of nitrogens with one attached hydrogen (secondary N) is 1. The predicted molar refractivity (Wildman–Crippen MR) is 81.9 cm³/mol. The van der Waals surface area contributed by atoms with Gasteiger partial charge in [0, 0.05) is 36.4 Å². The Morgan fingerprint density at radius 1 is 1.21 bits per heavy atom. The number of benzene rings is 1. The van der Waals surface area contributed by atoms with Crippen LogP contribution in [0.2, 0.25) is 0 Å². The van der Waals surface area contributed by atoms with Crippen LogP contribution < -0.4 is 10.2 Å². The lowest BCUT2D eigenvalue weighted by molar-refractivity contribution is 0.852.